The van der Waals surface area contributed by atoms with Gasteiger partial charge in [-0.1, -0.05) is 23.7 Å². The number of halogens is 1. The fourth-order valence-corrected chi connectivity index (χ4v) is 4.55. The van der Waals surface area contributed by atoms with E-state index in [4.69, 9.17) is 11.6 Å². The Morgan fingerprint density at radius 1 is 1.15 bits per heavy atom. The third kappa shape index (κ3) is 4.31. The molecule has 1 aromatic carbocycles. The molecule has 0 radical (unpaired) electrons. The first kappa shape index (κ1) is 22.2. The SMILES string of the molecule is Cc1nn(C)cc1-c1cc2c(N3CCN(C(=O)N[C@@H](C)c4ccc(Cl)cc4)CC3)ncnc2[nH]1. The van der Waals surface area contributed by atoms with E-state index in [9.17, 15) is 4.79 Å². The number of urea groups is 1. The van der Waals surface area contributed by atoms with E-state index in [2.05, 4.69) is 36.3 Å². The molecule has 0 saturated carbocycles. The van der Waals surface area contributed by atoms with Gasteiger partial charge in [0.2, 0.25) is 0 Å². The number of hydrogen-bond acceptors (Lipinski definition) is 5. The zero-order valence-electron chi connectivity index (χ0n) is 19.4. The highest BCUT2D eigenvalue weighted by molar-refractivity contribution is 6.30. The van der Waals surface area contributed by atoms with Crippen molar-refractivity contribution in [3.8, 4) is 11.3 Å². The van der Waals surface area contributed by atoms with Crippen molar-refractivity contribution in [2.45, 2.75) is 19.9 Å². The number of rotatable bonds is 4. The minimum atomic E-state index is -0.0986. The van der Waals surface area contributed by atoms with E-state index in [0.29, 0.717) is 31.2 Å². The second-order valence-corrected chi connectivity index (χ2v) is 9.08. The van der Waals surface area contributed by atoms with Crippen LogP contribution in [0.15, 0.2) is 42.9 Å². The maximum atomic E-state index is 12.8. The first-order valence-corrected chi connectivity index (χ1v) is 11.7. The first-order chi connectivity index (χ1) is 16.4. The number of nitrogens with zero attached hydrogens (tertiary/aromatic N) is 6. The minimum absolute atomic E-state index is 0.0640. The highest BCUT2D eigenvalue weighted by Crippen LogP contribution is 2.30. The predicted octanol–water partition coefficient (Wildman–Crippen LogP) is 3.91. The molecule has 1 aliphatic rings. The van der Waals surface area contributed by atoms with Crippen LogP contribution in [-0.4, -0.2) is 61.8 Å². The number of piperazine rings is 1. The number of anilines is 1. The van der Waals surface area contributed by atoms with Crippen molar-refractivity contribution in [2.24, 2.45) is 7.05 Å². The van der Waals surface area contributed by atoms with Crippen molar-refractivity contribution in [1.29, 1.82) is 0 Å². The van der Waals surface area contributed by atoms with E-state index in [-0.39, 0.29) is 12.1 Å². The van der Waals surface area contributed by atoms with Gasteiger partial charge >= 0.3 is 6.03 Å². The molecule has 10 heteroatoms. The van der Waals surface area contributed by atoms with Crippen LogP contribution < -0.4 is 10.2 Å². The predicted molar refractivity (Wildman–Crippen MR) is 133 cm³/mol. The molecule has 34 heavy (non-hydrogen) atoms. The Morgan fingerprint density at radius 3 is 2.56 bits per heavy atom. The quantitative estimate of drug-likeness (QED) is 0.463. The Morgan fingerprint density at radius 2 is 1.88 bits per heavy atom. The normalized spacial score (nSPS) is 15.1. The molecule has 0 unspecified atom stereocenters. The van der Waals surface area contributed by atoms with Crippen molar-refractivity contribution in [3.05, 3.63) is 59.1 Å². The third-order valence-electron chi connectivity index (χ3n) is 6.28. The van der Waals surface area contributed by atoms with Crippen LogP contribution in [0.5, 0.6) is 0 Å². The molecule has 2 N–H and O–H groups in total. The van der Waals surface area contributed by atoms with E-state index in [0.717, 1.165) is 39.4 Å². The van der Waals surface area contributed by atoms with Crippen molar-refractivity contribution < 1.29 is 4.79 Å². The molecule has 0 spiro atoms. The van der Waals surface area contributed by atoms with E-state index in [1.807, 2.05) is 56.3 Å². The first-order valence-electron chi connectivity index (χ1n) is 11.3. The van der Waals surface area contributed by atoms with Crippen molar-refractivity contribution in [3.63, 3.8) is 0 Å². The van der Waals surface area contributed by atoms with Crippen LogP contribution in [0.3, 0.4) is 0 Å². The number of aromatic nitrogens is 5. The molecule has 0 bridgehead atoms. The van der Waals surface area contributed by atoms with Crippen LogP contribution in [0.1, 0.15) is 24.2 Å². The summed E-state index contributed by atoms with van der Waals surface area (Å²) < 4.78 is 1.81. The van der Waals surface area contributed by atoms with Gasteiger partial charge in [-0.25, -0.2) is 14.8 Å². The monoisotopic (exact) mass is 478 g/mol. The van der Waals surface area contributed by atoms with Gasteiger partial charge in [-0.05, 0) is 37.6 Å². The summed E-state index contributed by atoms with van der Waals surface area (Å²) in [6.07, 6.45) is 3.58. The van der Waals surface area contributed by atoms with Crippen LogP contribution in [0, 0.1) is 6.92 Å². The molecule has 1 atom stereocenters. The highest BCUT2D eigenvalue weighted by atomic mass is 35.5. The summed E-state index contributed by atoms with van der Waals surface area (Å²) in [6, 6.07) is 9.46. The van der Waals surface area contributed by atoms with E-state index in [1.165, 1.54) is 0 Å². The molecule has 4 aromatic rings. The van der Waals surface area contributed by atoms with Gasteiger partial charge in [-0.2, -0.15) is 5.10 Å². The molecule has 4 heterocycles. The van der Waals surface area contributed by atoms with Gasteiger partial charge in [-0.15, -0.1) is 0 Å². The Balaban J connectivity index is 1.27. The number of benzene rings is 1. The number of amides is 2. The summed E-state index contributed by atoms with van der Waals surface area (Å²) in [7, 11) is 1.91. The lowest BCUT2D eigenvalue weighted by Crippen LogP contribution is -2.52. The fourth-order valence-electron chi connectivity index (χ4n) is 4.42. The molecule has 1 fully saturated rings. The zero-order valence-corrected chi connectivity index (χ0v) is 20.2. The molecule has 1 aliphatic heterocycles. The number of H-pyrrole nitrogens is 1. The summed E-state index contributed by atoms with van der Waals surface area (Å²) >= 11 is 5.97. The van der Waals surface area contributed by atoms with E-state index < -0.39 is 0 Å². The van der Waals surface area contributed by atoms with Gasteiger partial charge in [0.05, 0.1) is 22.8 Å². The number of nitrogens with one attached hydrogen (secondary N) is 2. The van der Waals surface area contributed by atoms with Gasteiger partial charge in [0.25, 0.3) is 0 Å². The third-order valence-corrected chi connectivity index (χ3v) is 6.54. The Kier molecular flexibility index (Phi) is 5.87. The Hall–Kier alpha value is -3.59. The summed E-state index contributed by atoms with van der Waals surface area (Å²) in [6.45, 7) is 6.59. The standard InChI is InChI=1S/C24H27ClN8O/c1-15(17-4-6-18(25)7-5-17)28-24(34)33-10-8-32(9-11-33)23-19-12-21(29-22(19)26-14-27-23)20-13-31(3)30-16(20)2/h4-7,12-15H,8-11H2,1-3H3,(H,28,34)(H,26,27,29)/t15-/m0/s1. The molecule has 0 aliphatic carbocycles. The van der Waals surface area contributed by atoms with Crippen LogP contribution in [-0.2, 0) is 7.05 Å². The summed E-state index contributed by atoms with van der Waals surface area (Å²) in [5, 5.41) is 9.17. The van der Waals surface area contributed by atoms with Gasteiger partial charge in [-0.3, -0.25) is 4.68 Å². The number of aromatic amines is 1. The highest BCUT2D eigenvalue weighted by Gasteiger charge is 2.25. The van der Waals surface area contributed by atoms with Crippen LogP contribution in [0.2, 0.25) is 5.02 Å². The van der Waals surface area contributed by atoms with Gasteiger partial charge < -0.3 is 20.1 Å². The Bertz CT molecular complexity index is 1320. The molecule has 2 amide bonds. The van der Waals surface area contributed by atoms with Crippen LogP contribution in [0.25, 0.3) is 22.3 Å². The Labute approximate surface area is 202 Å². The summed E-state index contributed by atoms with van der Waals surface area (Å²) in [5.41, 5.74) is 4.78. The van der Waals surface area contributed by atoms with Crippen molar-refractivity contribution in [2.75, 3.05) is 31.1 Å². The second-order valence-electron chi connectivity index (χ2n) is 8.64. The number of aryl methyl sites for hydroxylation is 2. The zero-order chi connectivity index (χ0) is 23.8. The van der Waals surface area contributed by atoms with Gasteiger partial charge in [0.15, 0.2) is 0 Å². The van der Waals surface area contributed by atoms with E-state index >= 15 is 0 Å². The second kappa shape index (κ2) is 8.98. The molecular weight excluding hydrogens is 452 g/mol. The van der Waals surface area contributed by atoms with Crippen LogP contribution in [0.4, 0.5) is 10.6 Å². The number of fused-ring (bicyclic) bond motifs is 1. The molecule has 5 rings (SSSR count). The van der Waals surface area contributed by atoms with Crippen LogP contribution >= 0.6 is 11.6 Å². The number of carbonyl (C=O) groups excluding carboxylic acids is 1. The maximum absolute atomic E-state index is 12.8. The number of carbonyl (C=O) groups is 1. The molecule has 9 nitrogen and oxygen atoms in total. The molecule has 3 aromatic heterocycles. The summed E-state index contributed by atoms with van der Waals surface area (Å²) in [4.78, 5) is 29.3. The average molecular weight is 479 g/mol. The average Bonchev–Trinajstić information content (AvgIpc) is 3.41. The number of hydrogen-bond donors (Lipinski definition) is 2. The topological polar surface area (TPSA) is 95.0 Å². The smallest absolute Gasteiger partial charge is 0.317 e. The molecule has 1 saturated heterocycles. The van der Waals surface area contributed by atoms with E-state index in [1.54, 1.807) is 11.0 Å². The summed E-state index contributed by atoms with van der Waals surface area (Å²) in [5.74, 6) is 0.878. The van der Waals surface area contributed by atoms with Gasteiger partial charge in [0.1, 0.15) is 17.8 Å². The minimum Gasteiger partial charge on any atom is -0.352 e. The van der Waals surface area contributed by atoms with Gasteiger partial charge in [0, 0.05) is 50.0 Å². The van der Waals surface area contributed by atoms with Crippen molar-refractivity contribution in [1.82, 2.24) is 34.9 Å². The lowest BCUT2D eigenvalue weighted by molar-refractivity contribution is 0.191. The van der Waals surface area contributed by atoms with Crippen molar-refractivity contribution >= 4 is 34.5 Å². The lowest BCUT2D eigenvalue weighted by atomic mass is 10.1. The lowest BCUT2D eigenvalue weighted by Gasteiger charge is -2.36. The fraction of sp³-hybridized carbons (Fsp3) is 0.333. The largest absolute Gasteiger partial charge is 0.352 e. The maximum Gasteiger partial charge on any atom is 0.317 e. The molecule has 176 valence electrons. The molecular formula is C24H27ClN8O.